The molecule has 0 bridgehead atoms. The second-order valence-electron chi connectivity index (χ2n) is 6.20. The van der Waals surface area contributed by atoms with Crippen LogP contribution >= 0.6 is 0 Å². The van der Waals surface area contributed by atoms with Crippen LogP contribution in [0.25, 0.3) is 0 Å². The number of piperazine rings is 1. The van der Waals surface area contributed by atoms with Crippen LogP contribution in [0.3, 0.4) is 0 Å². The lowest BCUT2D eigenvalue weighted by molar-refractivity contribution is -0.135. The second-order valence-corrected chi connectivity index (χ2v) is 6.20. The summed E-state index contributed by atoms with van der Waals surface area (Å²) < 4.78 is 11.2. The highest BCUT2D eigenvalue weighted by Gasteiger charge is 2.18. The first-order valence-corrected chi connectivity index (χ1v) is 8.69. The maximum absolute atomic E-state index is 12.0. The number of carbonyl (C=O) groups is 1. The van der Waals surface area contributed by atoms with E-state index in [2.05, 4.69) is 15.5 Å². The van der Waals surface area contributed by atoms with E-state index in [1.54, 1.807) is 0 Å². The van der Waals surface area contributed by atoms with E-state index in [1.807, 2.05) is 6.92 Å². The molecule has 2 atom stereocenters. The SMILES string of the molecule is CC(OCC1CCCCO1)C(=O)NCCCN1CCNCC1. The highest BCUT2D eigenvalue weighted by Crippen LogP contribution is 2.13. The number of hydrogen-bond donors (Lipinski definition) is 2. The van der Waals surface area contributed by atoms with Gasteiger partial charge in [0.15, 0.2) is 0 Å². The van der Waals surface area contributed by atoms with Crippen molar-refractivity contribution < 1.29 is 14.3 Å². The van der Waals surface area contributed by atoms with Crippen LogP contribution in [0.2, 0.25) is 0 Å². The fraction of sp³-hybridized carbons (Fsp3) is 0.938. The molecule has 2 aliphatic heterocycles. The topological polar surface area (TPSA) is 62.8 Å². The van der Waals surface area contributed by atoms with Gasteiger partial charge >= 0.3 is 0 Å². The van der Waals surface area contributed by atoms with E-state index < -0.39 is 6.10 Å². The third-order valence-electron chi connectivity index (χ3n) is 4.34. The lowest BCUT2D eigenvalue weighted by Gasteiger charge is -2.27. The summed E-state index contributed by atoms with van der Waals surface area (Å²) in [7, 11) is 0. The Morgan fingerprint density at radius 2 is 2.23 bits per heavy atom. The van der Waals surface area contributed by atoms with Crippen molar-refractivity contribution in [2.45, 2.75) is 44.8 Å². The molecule has 2 unspecified atom stereocenters. The molecule has 2 rings (SSSR count). The first kappa shape index (κ1) is 17.7. The number of rotatable bonds is 8. The van der Waals surface area contributed by atoms with E-state index >= 15 is 0 Å². The Kier molecular flexibility index (Phi) is 8.15. The Morgan fingerprint density at radius 3 is 2.95 bits per heavy atom. The maximum Gasteiger partial charge on any atom is 0.248 e. The van der Waals surface area contributed by atoms with E-state index in [1.165, 1.54) is 6.42 Å². The van der Waals surface area contributed by atoms with E-state index in [9.17, 15) is 4.79 Å². The van der Waals surface area contributed by atoms with E-state index in [0.29, 0.717) is 6.61 Å². The fourth-order valence-corrected chi connectivity index (χ4v) is 2.86. The Balaban J connectivity index is 1.50. The molecule has 22 heavy (non-hydrogen) atoms. The van der Waals surface area contributed by atoms with Crippen LogP contribution < -0.4 is 10.6 Å². The minimum atomic E-state index is -0.398. The third kappa shape index (κ3) is 6.60. The fourth-order valence-electron chi connectivity index (χ4n) is 2.86. The Hall–Kier alpha value is -0.690. The minimum Gasteiger partial charge on any atom is -0.376 e. The monoisotopic (exact) mass is 313 g/mol. The molecule has 128 valence electrons. The molecule has 2 heterocycles. The molecule has 0 aromatic rings. The molecule has 0 radical (unpaired) electrons. The van der Waals surface area contributed by atoms with Crippen molar-refractivity contribution in [3.05, 3.63) is 0 Å². The number of ether oxygens (including phenoxy) is 2. The zero-order chi connectivity index (χ0) is 15.6. The van der Waals surface area contributed by atoms with Crippen LogP contribution in [-0.2, 0) is 14.3 Å². The van der Waals surface area contributed by atoms with Crippen molar-refractivity contribution in [1.82, 2.24) is 15.5 Å². The predicted octanol–water partition coefficient (Wildman–Crippen LogP) is 0.372. The molecule has 0 aromatic heterocycles. The van der Waals surface area contributed by atoms with Crippen molar-refractivity contribution in [2.24, 2.45) is 0 Å². The van der Waals surface area contributed by atoms with Crippen molar-refractivity contribution in [1.29, 1.82) is 0 Å². The normalized spacial score (nSPS) is 24.9. The standard InChI is InChI=1S/C16H31N3O3/c1-14(22-13-15-5-2-3-12-21-15)16(20)18-6-4-9-19-10-7-17-8-11-19/h14-15,17H,2-13H2,1H3,(H,18,20). The second kappa shape index (κ2) is 10.2. The van der Waals surface area contributed by atoms with Crippen LogP contribution in [0.5, 0.6) is 0 Å². The van der Waals surface area contributed by atoms with Gasteiger partial charge in [-0.3, -0.25) is 4.79 Å². The largest absolute Gasteiger partial charge is 0.376 e. The molecule has 2 fully saturated rings. The molecule has 0 aliphatic carbocycles. The zero-order valence-electron chi connectivity index (χ0n) is 13.8. The van der Waals surface area contributed by atoms with Gasteiger partial charge in [-0.2, -0.15) is 0 Å². The van der Waals surface area contributed by atoms with Gasteiger partial charge in [0.1, 0.15) is 6.10 Å². The molecule has 2 N–H and O–H groups in total. The molecule has 2 saturated heterocycles. The number of nitrogens with one attached hydrogen (secondary N) is 2. The molecule has 6 nitrogen and oxygen atoms in total. The molecule has 2 aliphatic rings. The quantitative estimate of drug-likeness (QED) is 0.634. The summed E-state index contributed by atoms with van der Waals surface area (Å²) in [4.78, 5) is 14.4. The minimum absolute atomic E-state index is 0.0175. The lowest BCUT2D eigenvalue weighted by atomic mass is 10.1. The van der Waals surface area contributed by atoms with Crippen LogP contribution in [-0.4, -0.2) is 75.5 Å². The Bertz CT molecular complexity index is 316. The molecule has 0 spiro atoms. The summed E-state index contributed by atoms with van der Waals surface area (Å²) >= 11 is 0. The molecular weight excluding hydrogens is 282 g/mol. The predicted molar refractivity (Wildman–Crippen MR) is 85.9 cm³/mol. The number of hydrogen-bond acceptors (Lipinski definition) is 5. The van der Waals surface area contributed by atoms with Crippen LogP contribution in [0.15, 0.2) is 0 Å². The van der Waals surface area contributed by atoms with Gasteiger partial charge < -0.3 is 25.0 Å². The first-order chi connectivity index (χ1) is 10.8. The summed E-state index contributed by atoms with van der Waals surface area (Å²) in [6, 6.07) is 0. The van der Waals surface area contributed by atoms with Gasteiger partial charge in [-0.1, -0.05) is 0 Å². The summed E-state index contributed by atoms with van der Waals surface area (Å²) in [6.07, 6.45) is 4.13. The Labute approximate surface area is 133 Å². The van der Waals surface area contributed by atoms with E-state index in [0.717, 1.165) is 65.1 Å². The van der Waals surface area contributed by atoms with E-state index in [4.69, 9.17) is 9.47 Å². The summed E-state index contributed by atoms with van der Waals surface area (Å²) in [5, 5.41) is 6.30. The average Bonchev–Trinajstić information content (AvgIpc) is 2.58. The number of carbonyl (C=O) groups excluding carboxylic acids is 1. The molecular formula is C16H31N3O3. The molecule has 0 aromatic carbocycles. The summed E-state index contributed by atoms with van der Waals surface area (Å²) in [6.45, 7) is 9.28. The van der Waals surface area contributed by atoms with Crippen LogP contribution in [0, 0.1) is 0 Å². The van der Waals surface area contributed by atoms with Crippen LogP contribution in [0.4, 0.5) is 0 Å². The molecule has 1 amide bonds. The highest BCUT2D eigenvalue weighted by molar-refractivity contribution is 5.80. The Morgan fingerprint density at radius 1 is 1.41 bits per heavy atom. The zero-order valence-corrected chi connectivity index (χ0v) is 13.8. The van der Waals surface area contributed by atoms with Gasteiger partial charge in [-0.15, -0.1) is 0 Å². The van der Waals surface area contributed by atoms with Crippen molar-refractivity contribution in [3.8, 4) is 0 Å². The lowest BCUT2D eigenvalue weighted by Crippen LogP contribution is -2.44. The third-order valence-corrected chi connectivity index (χ3v) is 4.34. The molecule has 6 heteroatoms. The highest BCUT2D eigenvalue weighted by atomic mass is 16.5. The van der Waals surface area contributed by atoms with Gasteiger partial charge in [0.05, 0.1) is 12.7 Å². The van der Waals surface area contributed by atoms with Gasteiger partial charge in [0.2, 0.25) is 5.91 Å². The van der Waals surface area contributed by atoms with Gasteiger partial charge in [0, 0.05) is 39.3 Å². The summed E-state index contributed by atoms with van der Waals surface area (Å²) in [5.41, 5.74) is 0. The van der Waals surface area contributed by atoms with Crippen molar-refractivity contribution >= 4 is 5.91 Å². The summed E-state index contributed by atoms with van der Waals surface area (Å²) in [5.74, 6) is -0.0175. The van der Waals surface area contributed by atoms with Gasteiger partial charge in [0.25, 0.3) is 0 Å². The average molecular weight is 313 g/mol. The van der Waals surface area contributed by atoms with Crippen molar-refractivity contribution in [3.63, 3.8) is 0 Å². The first-order valence-electron chi connectivity index (χ1n) is 8.69. The van der Waals surface area contributed by atoms with Crippen LogP contribution in [0.1, 0.15) is 32.6 Å². The molecule has 0 saturated carbocycles. The number of amides is 1. The smallest absolute Gasteiger partial charge is 0.248 e. The van der Waals surface area contributed by atoms with E-state index in [-0.39, 0.29) is 12.0 Å². The van der Waals surface area contributed by atoms with Gasteiger partial charge in [-0.05, 0) is 39.2 Å². The maximum atomic E-state index is 12.0. The van der Waals surface area contributed by atoms with Gasteiger partial charge in [-0.25, -0.2) is 0 Å². The van der Waals surface area contributed by atoms with Crippen molar-refractivity contribution in [2.75, 3.05) is 52.5 Å². The number of nitrogens with zero attached hydrogens (tertiary/aromatic N) is 1.